The zero-order valence-electron chi connectivity index (χ0n) is 13.9. The van der Waals surface area contributed by atoms with Gasteiger partial charge in [-0.25, -0.2) is 4.98 Å². The minimum Gasteiger partial charge on any atom is -0.357 e. The molecule has 1 heterocycles. The first-order valence-corrected chi connectivity index (χ1v) is 7.70. The molecule has 4 nitrogen and oxygen atoms in total. The van der Waals surface area contributed by atoms with E-state index in [1.165, 1.54) is 12.8 Å². The van der Waals surface area contributed by atoms with Crippen molar-refractivity contribution in [3.05, 3.63) is 11.8 Å². The molecule has 0 saturated carbocycles. The molecular weight excluding hydrogens is 248 g/mol. The van der Waals surface area contributed by atoms with E-state index in [9.17, 15) is 0 Å². The zero-order valence-corrected chi connectivity index (χ0v) is 13.9. The molecule has 1 aromatic heterocycles. The van der Waals surface area contributed by atoms with Gasteiger partial charge in [-0.1, -0.05) is 27.7 Å². The molecule has 4 heteroatoms. The second-order valence-electron chi connectivity index (χ2n) is 6.30. The van der Waals surface area contributed by atoms with E-state index in [2.05, 4.69) is 54.8 Å². The monoisotopic (exact) mass is 278 g/mol. The maximum absolute atomic E-state index is 4.65. The Kier molecular flexibility index (Phi) is 6.76. The van der Waals surface area contributed by atoms with Crippen LogP contribution in [0.5, 0.6) is 0 Å². The van der Waals surface area contributed by atoms with Crippen LogP contribution in [0.25, 0.3) is 0 Å². The molecular formula is C16H30N4. The summed E-state index contributed by atoms with van der Waals surface area (Å²) >= 11 is 0. The molecule has 114 valence electrons. The van der Waals surface area contributed by atoms with Gasteiger partial charge in [-0.3, -0.25) is 0 Å². The normalized spacial score (nSPS) is 11.2. The Balaban J connectivity index is 2.89. The lowest BCUT2D eigenvalue weighted by molar-refractivity contribution is 0.532. The van der Waals surface area contributed by atoms with Crippen molar-refractivity contribution in [2.45, 2.75) is 47.5 Å². The highest BCUT2D eigenvalue weighted by Gasteiger charge is 2.13. The molecule has 0 aliphatic heterocycles. The predicted molar refractivity (Wildman–Crippen MR) is 87.4 cm³/mol. The fourth-order valence-corrected chi connectivity index (χ4v) is 2.03. The molecule has 0 radical (unpaired) electrons. The quantitative estimate of drug-likeness (QED) is 0.786. The standard InChI is InChI=1S/C16H30N4/c1-12(2)7-9-20(10-8-13(3)4)15-14(5)11-18-16(17-6)19-15/h11-13H,7-10H2,1-6H3,(H,17,18,19). The van der Waals surface area contributed by atoms with Gasteiger partial charge < -0.3 is 10.2 Å². The third-order valence-corrected chi connectivity index (χ3v) is 3.42. The Bertz CT molecular complexity index is 389. The molecule has 1 rings (SSSR count). The Hall–Kier alpha value is -1.32. The number of nitrogens with one attached hydrogen (secondary N) is 1. The number of nitrogens with zero attached hydrogens (tertiary/aromatic N) is 3. The third-order valence-electron chi connectivity index (χ3n) is 3.42. The van der Waals surface area contributed by atoms with Gasteiger partial charge in [-0.05, 0) is 31.6 Å². The first kappa shape index (κ1) is 16.7. The molecule has 0 unspecified atom stereocenters. The number of hydrogen-bond acceptors (Lipinski definition) is 4. The summed E-state index contributed by atoms with van der Waals surface area (Å²) in [5.74, 6) is 3.19. The molecule has 0 atom stereocenters. The van der Waals surface area contributed by atoms with Gasteiger partial charge in [0.05, 0.1) is 0 Å². The molecule has 1 N–H and O–H groups in total. The molecule has 0 aliphatic rings. The lowest BCUT2D eigenvalue weighted by atomic mass is 10.1. The summed E-state index contributed by atoms with van der Waals surface area (Å²) in [7, 11) is 1.86. The Morgan fingerprint density at radius 2 is 1.65 bits per heavy atom. The first-order chi connectivity index (χ1) is 9.43. The maximum atomic E-state index is 4.65. The van der Waals surface area contributed by atoms with Gasteiger partial charge in [0.25, 0.3) is 0 Å². The molecule has 0 bridgehead atoms. The van der Waals surface area contributed by atoms with Gasteiger partial charge in [-0.15, -0.1) is 0 Å². The SMILES string of the molecule is CNc1ncc(C)c(N(CCC(C)C)CCC(C)C)n1. The first-order valence-electron chi connectivity index (χ1n) is 7.70. The van der Waals surface area contributed by atoms with Crippen molar-refractivity contribution in [2.24, 2.45) is 11.8 Å². The summed E-state index contributed by atoms with van der Waals surface area (Å²) in [5, 5.41) is 3.03. The highest BCUT2D eigenvalue weighted by molar-refractivity contribution is 5.48. The molecule has 0 fully saturated rings. The van der Waals surface area contributed by atoms with E-state index in [4.69, 9.17) is 0 Å². The van der Waals surface area contributed by atoms with Crippen molar-refractivity contribution < 1.29 is 0 Å². The van der Waals surface area contributed by atoms with Crippen molar-refractivity contribution in [1.82, 2.24) is 9.97 Å². The zero-order chi connectivity index (χ0) is 15.1. The Labute approximate surface area is 124 Å². The topological polar surface area (TPSA) is 41.1 Å². The van der Waals surface area contributed by atoms with Gasteiger partial charge in [0.2, 0.25) is 5.95 Å². The summed E-state index contributed by atoms with van der Waals surface area (Å²) in [5.41, 5.74) is 1.15. The van der Waals surface area contributed by atoms with Crippen LogP contribution in [0.1, 0.15) is 46.1 Å². The van der Waals surface area contributed by atoms with Crippen molar-refractivity contribution in [2.75, 3.05) is 30.4 Å². The van der Waals surface area contributed by atoms with Crippen LogP contribution < -0.4 is 10.2 Å². The van der Waals surface area contributed by atoms with Gasteiger partial charge in [0, 0.05) is 31.9 Å². The lowest BCUT2D eigenvalue weighted by Gasteiger charge is -2.27. The van der Waals surface area contributed by atoms with Crippen LogP contribution in [-0.2, 0) is 0 Å². The van der Waals surface area contributed by atoms with Crippen LogP contribution in [0.15, 0.2) is 6.20 Å². The summed E-state index contributed by atoms with van der Waals surface area (Å²) < 4.78 is 0. The average Bonchev–Trinajstić information content (AvgIpc) is 2.39. The van der Waals surface area contributed by atoms with E-state index >= 15 is 0 Å². The van der Waals surface area contributed by atoms with Crippen molar-refractivity contribution in [3.8, 4) is 0 Å². The van der Waals surface area contributed by atoms with Gasteiger partial charge in [0.1, 0.15) is 5.82 Å². The van der Waals surface area contributed by atoms with Crippen LogP contribution >= 0.6 is 0 Å². The number of aromatic nitrogens is 2. The molecule has 0 amide bonds. The summed E-state index contributed by atoms with van der Waals surface area (Å²) in [6.45, 7) is 13.3. The molecule has 1 aromatic rings. The minimum absolute atomic E-state index is 0.699. The van der Waals surface area contributed by atoms with Crippen LogP contribution in [-0.4, -0.2) is 30.1 Å². The van der Waals surface area contributed by atoms with E-state index in [-0.39, 0.29) is 0 Å². The number of aryl methyl sites for hydroxylation is 1. The third kappa shape index (κ3) is 5.35. The van der Waals surface area contributed by atoms with E-state index in [1.54, 1.807) is 0 Å². The van der Waals surface area contributed by atoms with E-state index in [0.29, 0.717) is 17.8 Å². The largest absolute Gasteiger partial charge is 0.357 e. The second kappa shape index (κ2) is 8.08. The van der Waals surface area contributed by atoms with E-state index in [1.807, 2.05) is 13.2 Å². The van der Waals surface area contributed by atoms with Crippen molar-refractivity contribution >= 4 is 11.8 Å². The molecule has 0 spiro atoms. The summed E-state index contributed by atoms with van der Waals surface area (Å²) in [6, 6.07) is 0. The smallest absolute Gasteiger partial charge is 0.224 e. The van der Waals surface area contributed by atoms with E-state index in [0.717, 1.165) is 24.5 Å². The van der Waals surface area contributed by atoms with Crippen LogP contribution in [0.2, 0.25) is 0 Å². The summed E-state index contributed by atoms with van der Waals surface area (Å²) in [6.07, 6.45) is 4.29. The Morgan fingerprint density at radius 1 is 1.10 bits per heavy atom. The van der Waals surface area contributed by atoms with Crippen molar-refractivity contribution in [3.63, 3.8) is 0 Å². The average molecular weight is 278 g/mol. The van der Waals surface area contributed by atoms with Gasteiger partial charge in [-0.2, -0.15) is 4.98 Å². The highest BCUT2D eigenvalue weighted by Crippen LogP contribution is 2.20. The lowest BCUT2D eigenvalue weighted by Crippen LogP contribution is -2.29. The van der Waals surface area contributed by atoms with E-state index < -0.39 is 0 Å². The fraction of sp³-hybridized carbons (Fsp3) is 0.750. The van der Waals surface area contributed by atoms with Crippen LogP contribution in [0.4, 0.5) is 11.8 Å². The van der Waals surface area contributed by atoms with Gasteiger partial charge in [0.15, 0.2) is 0 Å². The minimum atomic E-state index is 0.699. The molecule has 0 aliphatic carbocycles. The maximum Gasteiger partial charge on any atom is 0.224 e. The van der Waals surface area contributed by atoms with Gasteiger partial charge >= 0.3 is 0 Å². The number of anilines is 2. The molecule has 20 heavy (non-hydrogen) atoms. The molecule has 0 saturated heterocycles. The summed E-state index contributed by atoms with van der Waals surface area (Å²) in [4.78, 5) is 11.3. The Morgan fingerprint density at radius 3 is 2.10 bits per heavy atom. The highest BCUT2D eigenvalue weighted by atomic mass is 15.2. The van der Waals surface area contributed by atoms with Crippen molar-refractivity contribution in [1.29, 1.82) is 0 Å². The number of rotatable bonds is 8. The molecule has 0 aromatic carbocycles. The number of hydrogen-bond donors (Lipinski definition) is 1. The predicted octanol–water partition coefficient (Wildman–Crippen LogP) is 3.73. The second-order valence-corrected chi connectivity index (χ2v) is 6.30. The van der Waals surface area contributed by atoms with Crippen LogP contribution in [0.3, 0.4) is 0 Å². The van der Waals surface area contributed by atoms with Crippen LogP contribution in [0, 0.1) is 18.8 Å². The fourth-order valence-electron chi connectivity index (χ4n) is 2.03.